The highest BCUT2D eigenvalue weighted by atomic mass is 32.2. The van der Waals surface area contributed by atoms with Crippen LogP contribution in [0.15, 0.2) is 28.4 Å². The maximum absolute atomic E-state index is 10.1. The fraction of sp³-hybridized carbons (Fsp3) is 0.609. The van der Waals surface area contributed by atoms with Gasteiger partial charge < -0.3 is 34.9 Å². The zero-order valence-electron chi connectivity index (χ0n) is 19.1. The van der Waals surface area contributed by atoms with E-state index in [1.807, 2.05) is 6.07 Å². The number of morpholine rings is 1. The normalized spacial score (nSPS) is 25.7. The quantitative estimate of drug-likeness (QED) is 0.645. The van der Waals surface area contributed by atoms with E-state index in [9.17, 15) is 5.11 Å². The van der Waals surface area contributed by atoms with E-state index < -0.39 is 0 Å². The molecule has 6 rings (SSSR count). The Labute approximate surface area is 202 Å². The number of aliphatic hydroxyl groups excluding tert-OH is 1. The van der Waals surface area contributed by atoms with E-state index in [2.05, 4.69) is 14.8 Å². The van der Waals surface area contributed by atoms with Gasteiger partial charge in [0.25, 0.3) is 0 Å². The van der Waals surface area contributed by atoms with Gasteiger partial charge in [-0.1, -0.05) is 11.8 Å². The summed E-state index contributed by atoms with van der Waals surface area (Å²) in [5, 5.41) is 10.8. The van der Waals surface area contributed by atoms with Gasteiger partial charge in [0, 0.05) is 37.3 Å². The first-order chi connectivity index (χ1) is 16.7. The zero-order chi connectivity index (χ0) is 23.1. The number of aliphatic hydroxyl groups is 1. The number of pyridine rings is 1. The summed E-state index contributed by atoms with van der Waals surface area (Å²) in [5.74, 6) is 2.38. The van der Waals surface area contributed by atoms with Crippen LogP contribution in [0.25, 0.3) is 0 Å². The topological polar surface area (TPSA) is 119 Å². The van der Waals surface area contributed by atoms with Crippen molar-refractivity contribution in [2.75, 3.05) is 62.5 Å². The number of piperidine rings is 1. The standard InChI is InChI=1S/C23H30N6O4S/c24-18-13-32-14-23(18)2-5-28(6-3-23)21-16(10-30)27-19(9-26-21)34-17-1-4-25-22-20(17)33-12-15-11-31-8-7-29(15)22/h1,4,9,15,18,30H,2-3,5-8,10-14,24H2/t15-,18+/m0/s1. The Morgan fingerprint density at radius 3 is 2.79 bits per heavy atom. The first kappa shape index (κ1) is 22.3. The Kier molecular flexibility index (Phi) is 5.98. The number of anilines is 2. The van der Waals surface area contributed by atoms with Crippen LogP contribution in [-0.2, 0) is 16.1 Å². The van der Waals surface area contributed by atoms with Crippen LogP contribution in [0.5, 0.6) is 5.75 Å². The molecule has 0 aromatic carbocycles. The molecule has 0 saturated carbocycles. The van der Waals surface area contributed by atoms with Crippen LogP contribution in [0.2, 0.25) is 0 Å². The van der Waals surface area contributed by atoms with Crippen LogP contribution in [0.1, 0.15) is 18.5 Å². The predicted molar refractivity (Wildman–Crippen MR) is 126 cm³/mol. The van der Waals surface area contributed by atoms with Crippen molar-refractivity contribution < 1.29 is 19.3 Å². The van der Waals surface area contributed by atoms with Gasteiger partial charge >= 0.3 is 0 Å². The van der Waals surface area contributed by atoms with Crippen molar-refractivity contribution in [3.8, 4) is 5.75 Å². The van der Waals surface area contributed by atoms with Gasteiger partial charge in [0.2, 0.25) is 0 Å². The Morgan fingerprint density at radius 2 is 2.00 bits per heavy atom. The van der Waals surface area contributed by atoms with Gasteiger partial charge in [0.05, 0.1) is 50.2 Å². The number of fused-ring (bicyclic) bond motifs is 3. The maximum Gasteiger partial charge on any atom is 0.175 e. The van der Waals surface area contributed by atoms with Crippen molar-refractivity contribution in [1.29, 1.82) is 0 Å². The van der Waals surface area contributed by atoms with Gasteiger partial charge in [-0.25, -0.2) is 15.0 Å². The van der Waals surface area contributed by atoms with Crippen molar-refractivity contribution in [2.45, 2.75) is 41.5 Å². The van der Waals surface area contributed by atoms with Crippen molar-refractivity contribution >= 4 is 23.4 Å². The highest BCUT2D eigenvalue weighted by Gasteiger charge is 2.44. The molecule has 11 heteroatoms. The van der Waals surface area contributed by atoms with Crippen molar-refractivity contribution in [3.63, 3.8) is 0 Å². The van der Waals surface area contributed by atoms with Crippen molar-refractivity contribution in [2.24, 2.45) is 11.1 Å². The second kappa shape index (κ2) is 9.12. The van der Waals surface area contributed by atoms with Gasteiger partial charge in [-0.2, -0.15) is 0 Å². The summed E-state index contributed by atoms with van der Waals surface area (Å²) in [6.45, 7) is 5.60. The van der Waals surface area contributed by atoms with Crippen LogP contribution in [0, 0.1) is 5.41 Å². The molecule has 6 heterocycles. The minimum atomic E-state index is -0.165. The summed E-state index contributed by atoms with van der Waals surface area (Å²) < 4.78 is 17.3. The second-order valence-corrected chi connectivity index (χ2v) is 10.5. The molecule has 10 nitrogen and oxygen atoms in total. The molecule has 0 aliphatic carbocycles. The molecule has 0 bridgehead atoms. The van der Waals surface area contributed by atoms with E-state index in [-0.39, 0.29) is 24.1 Å². The highest BCUT2D eigenvalue weighted by molar-refractivity contribution is 7.99. The lowest BCUT2D eigenvalue weighted by Gasteiger charge is -2.41. The maximum atomic E-state index is 10.1. The van der Waals surface area contributed by atoms with Crippen LogP contribution in [0.3, 0.4) is 0 Å². The fourth-order valence-corrected chi connectivity index (χ4v) is 6.24. The molecule has 3 saturated heterocycles. The minimum Gasteiger partial charge on any atom is -0.486 e. The molecule has 2 aromatic heterocycles. The molecule has 2 atom stereocenters. The molecule has 0 unspecified atom stereocenters. The van der Waals surface area contributed by atoms with Gasteiger partial charge in [-0.05, 0) is 18.9 Å². The third-order valence-corrected chi connectivity index (χ3v) is 8.41. The first-order valence-electron chi connectivity index (χ1n) is 11.9. The lowest BCUT2D eigenvalue weighted by atomic mass is 9.75. The molecule has 1 spiro atoms. The average Bonchev–Trinajstić information content (AvgIpc) is 3.23. The Balaban J connectivity index is 1.20. The molecule has 0 radical (unpaired) electrons. The molecule has 34 heavy (non-hydrogen) atoms. The van der Waals surface area contributed by atoms with E-state index in [0.717, 1.165) is 61.4 Å². The number of nitrogens with two attached hydrogens (primary N) is 1. The fourth-order valence-electron chi connectivity index (χ4n) is 5.38. The van der Waals surface area contributed by atoms with Gasteiger partial charge in [0.1, 0.15) is 17.3 Å². The summed E-state index contributed by atoms with van der Waals surface area (Å²) in [5.41, 5.74) is 6.98. The second-order valence-electron chi connectivity index (χ2n) is 9.40. The van der Waals surface area contributed by atoms with Crippen molar-refractivity contribution in [1.82, 2.24) is 15.0 Å². The van der Waals surface area contributed by atoms with E-state index in [1.165, 1.54) is 11.8 Å². The Hall–Kier alpha value is -2.18. The molecule has 182 valence electrons. The zero-order valence-corrected chi connectivity index (χ0v) is 19.9. The number of ether oxygens (including phenoxy) is 3. The summed E-state index contributed by atoms with van der Waals surface area (Å²) >= 11 is 1.48. The molecule has 4 aliphatic heterocycles. The van der Waals surface area contributed by atoms with E-state index in [1.54, 1.807) is 12.4 Å². The molecule has 3 N–H and O–H groups in total. The lowest BCUT2D eigenvalue weighted by molar-refractivity contribution is 0.0689. The number of nitrogens with zero attached hydrogens (tertiary/aromatic N) is 5. The number of hydrogen-bond donors (Lipinski definition) is 2. The van der Waals surface area contributed by atoms with Crippen LogP contribution < -0.4 is 20.3 Å². The molecule has 4 aliphatic rings. The molecule has 2 aromatic rings. The Bertz CT molecular complexity index is 1050. The molecule has 3 fully saturated rings. The van der Waals surface area contributed by atoms with Gasteiger partial charge in [-0.3, -0.25) is 0 Å². The highest BCUT2D eigenvalue weighted by Crippen LogP contribution is 2.43. The minimum absolute atomic E-state index is 0.0685. The third kappa shape index (κ3) is 3.89. The van der Waals surface area contributed by atoms with Crippen LogP contribution in [0.4, 0.5) is 11.6 Å². The first-order valence-corrected chi connectivity index (χ1v) is 12.7. The largest absolute Gasteiger partial charge is 0.486 e. The lowest BCUT2D eigenvalue weighted by Crippen LogP contribution is -2.51. The van der Waals surface area contributed by atoms with E-state index in [0.29, 0.717) is 37.1 Å². The third-order valence-electron chi connectivity index (χ3n) is 7.47. The summed E-state index contributed by atoms with van der Waals surface area (Å²) in [4.78, 5) is 19.5. The van der Waals surface area contributed by atoms with Crippen molar-refractivity contribution in [3.05, 3.63) is 24.2 Å². The average molecular weight is 487 g/mol. The Morgan fingerprint density at radius 1 is 1.12 bits per heavy atom. The summed E-state index contributed by atoms with van der Waals surface area (Å²) in [7, 11) is 0. The van der Waals surface area contributed by atoms with Gasteiger partial charge in [0.15, 0.2) is 17.4 Å². The molecular weight excluding hydrogens is 456 g/mol. The van der Waals surface area contributed by atoms with E-state index >= 15 is 0 Å². The number of hydrogen-bond acceptors (Lipinski definition) is 11. The summed E-state index contributed by atoms with van der Waals surface area (Å²) in [6, 6.07) is 2.23. The number of rotatable bonds is 4. The SMILES string of the molecule is N[C@@H]1COCC12CCN(c1ncc(Sc3ccnc4c3OC[C@@H]3COCCN43)nc1CO)CC2. The molecule has 0 amide bonds. The number of aromatic nitrogens is 3. The van der Waals surface area contributed by atoms with Crippen LogP contribution >= 0.6 is 11.8 Å². The van der Waals surface area contributed by atoms with E-state index in [4.69, 9.17) is 29.9 Å². The van der Waals surface area contributed by atoms with Gasteiger partial charge in [-0.15, -0.1) is 0 Å². The summed E-state index contributed by atoms with van der Waals surface area (Å²) in [6.07, 6.45) is 5.50. The van der Waals surface area contributed by atoms with Crippen LogP contribution in [-0.4, -0.2) is 84.8 Å². The predicted octanol–water partition coefficient (Wildman–Crippen LogP) is 1.06. The molecular formula is C23H30N6O4S. The smallest absolute Gasteiger partial charge is 0.175 e. The monoisotopic (exact) mass is 486 g/mol.